The molecule has 1 aliphatic carbocycles. The van der Waals surface area contributed by atoms with Crippen LogP contribution in [0, 0.1) is 6.92 Å². The second kappa shape index (κ2) is 6.95. The molecule has 128 valence electrons. The fourth-order valence-corrected chi connectivity index (χ4v) is 4.43. The summed E-state index contributed by atoms with van der Waals surface area (Å²) < 4.78 is 33.3. The Balaban J connectivity index is 1.80. The Bertz CT molecular complexity index is 799. The van der Waals surface area contributed by atoms with Crippen LogP contribution in [0.4, 0.5) is 0 Å². The molecular formula is C19H23NO3S. The van der Waals surface area contributed by atoms with Crippen molar-refractivity contribution in [1.29, 1.82) is 0 Å². The number of hydrogen-bond acceptors (Lipinski definition) is 3. The molecule has 5 heteroatoms. The molecule has 2 aromatic carbocycles. The van der Waals surface area contributed by atoms with E-state index >= 15 is 0 Å². The van der Waals surface area contributed by atoms with Crippen molar-refractivity contribution in [3.05, 3.63) is 59.2 Å². The minimum atomic E-state index is -3.49. The van der Waals surface area contributed by atoms with Crippen LogP contribution in [0.1, 0.15) is 35.4 Å². The fourth-order valence-electron chi connectivity index (χ4n) is 3.35. The number of fused-ring (bicyclic) bond motifs is 1. The highest BCUT2D eigenvalue weighted by molar-refractivity contribution is 7.89. The zero-order valence-electron chi connectivity index (χ0n) is 14.1. The summed E-state index contributed by atoms with van der Waals surface area (Å²) in [6.07, 6.45) is 3.05. The molecule has 0 saturated carbocycles. The van der Waals surface area contributed by atoms with Crippen LogP contribution in [-0.2, 0) is 16.4 Å². The van der Waals surface area contributed by atoms with Crippen LogP contribution in [0.15, 0.2) is 47.4 Å². The lowest BCUT2D eigenvalue weighted by atomic mass is 9.82. The van der Waals surface area contributed by atoms with E-state index in [2.05, 4.69) is 10.8 Å². The van der Waals surface area contributed by atoms with Gasteiger partial charge in [0, 0.05) is 18.0 Å². The molecule has 0 aliphatic heterocycles. The highest BCUT2D eigenvalue weighted by Gasteiger charge is 2.25. The lowest BCUT2D eigenvalue weighted by Crippen LogP contribution is -2.30. The van der Waals surface area contributed by atoms with E-state index in [1.165, 1.54) is 5.56 Å². The molecule has 0 saturated heterocycles. The van der Waals surface area contributed by atoms with Crippen LogP contribution in [-0.4, -0.2) is 22.1 Å². The third kappa shape index (κ3) is 3.47. The summed E-state index contributed by atoms with van der Waals surface area (Å²) in [4.78, 5) is 0.309. The predicted molar refractivity (Wildman–Crippen MR) is 95.0 cm³/mol. The van der Waals surface area contributed by atoms with Gasteiger partial charge in [-0.2, -0.15) is 0 Å². The second-order valence-corrected chi connectivity index (χ2v) is 8.05. The van der Waals surface area contributed by atoms with Crippen molar-refractivity contribution in [1.82, 2.24) is 4.72 Å². The van der Waals surface area contributed by atoms with E-state index in [-0.39, 0.29) is 5.92 Å². The predicted octanol–water partition coefficient (Wildman–Crippen LogP) is 3.40. The van der Waals surface area contributed by atoms with Gasteiger partial charge in [-0.3, -0.25) is 0 Å². The van der Waals surface area contributed by atoms with Crippen molar-refractivity contribution < 1.29 is 13.2 Å². The maximum absolute atomic E-state index is 12.5. The molecule has 4 nitrogen and oxygen atoms in total. The first-order valence-corrected chi connectivity index (χ1v) is 9.71. The first-order valence-electron chi connectivity index (χ1n) is 8.23. The first kappa shape index (κ1) is 17.0. The van der Waals surface area contributed by atoms with Gasteiger partial charge in [0.1, 0.15) is 5.75 Å². The Morgan fingerprint density at radius 1 is 1.17 bits per heavy atom. The lowest BCUT2D eigenvalue weighted by Gasteiger charge is -2.27. The van der Waals surface area contributed by atoms with Gasteiger partial charge in [-0.05, 0) is 49.9 Å². The molecule has 0 radical (unpaired) electrons. The van der Waals surface area contributed by atoms with E-state index in [0.29, 0.717) is 11.4 Å². The number of hydrogen-bond donors (Lipinski definition) is 1. The Morgan fingerprint density at radius 3 is 2.62 bits per heavy atom. The van der Waals surface area contributed by atoms with Crippen LogP contribution in [0.5, 0.6) is 5.75 Å². The number of benzene rings is 2. The monoisotopic (exact) mass is 345 g/mol. The Kier molecular flexibility index (Phi) is 4.92. The maximum Gasteiger partial charge on any atom is 0.240 e. The molecule has 1 aliphatic rings. The normalized spacial score (nSPS) is 17.3. The smallest absolute Gasteiger partial charge is 0.240 e. The molecule has 3 rings (SSSR count). The Morgan fingerprint density at radius 2 is 1.92 bits per heavy atom. The molecular weight excluding hydrogens is 322 g/mol. The standard InChI is InChI=1S/C19H23NO3S/c1-14-9-11-17(12-10-14)24(21,22)20-13-16-7-3-5-15-6-4-8-18(23-2)19(15)16/h4,6,8-12,16,20H,3,5,7,13H2,1-2H3. The zero-order valence-corrected chi connectivity index (χ0v) is 14.9. The average molecular weight is 345 g/mol. The average Bonchev–Trinajstić information content (AvgIpc) is 2.59. The molecule has 1 unspecified atom stereocenters. The molecule has 2 aromatic rings. The zero-order chi connectivity index (χ0) is 17.2. The van der Waals surface area contributed by atoms with Crippen LogP contribution >= 0.6 is 0 Å². The minimum absolute atomic E-state index is 0.144. The third-order valence-corrected chi connectivity index (χ3v) is 6.07. The first-order chi connectivity index (χ1) is 11.5. The van der Waals surface area contributed by atoms with Crippen LogP contribution in [0.2, 0.25) is 0 Å². The number of aryl methyl sites for hydroxylation is 2. The topological polar surface area (TPSA) is 55.4 Å². The maximum atomic E-state index is 12.5. The number of sulfonamides is 1. The van der Waals surface area contributed by atoms with Crippen molar-refractivity contribution in [2.24, 2.45) is 0 Å². The van der Waals surface area contributed by atoms with Crippen LogP contribution in [0.25, 0.3) is 0 Å². The summed E-state index contributed by atoms with van der Waals surface area (Å²) in [7, 11) is -1.82. The van der Waals surface area contributed by atoms with Crippen LogP contribution < -0.4 is 9.46 Å². The fraction of sp³-hybridized carbons (Fsp3) is 0.368. The molecule has 1 N–H and O–H groups in total. The van der Waals surface area contributed by atoms with Gasteiger partial charge in [0.2, 0.25) is 10.0 Å². The van der Waals surface area contributed by atoms with E-state index in [1.807, 2.05) is 31.2 Å². The third-order valence-electron chi connectivity index (χ3n) is 4.63. The number of ether oxygens (including phenoxy) is 1. The van der Waals surface area contributed by atoms with Gasteiger partial charge in [0.25, 0.3) is 0 Å². The largest absolute Gasteiger partial charge is 0.496 e. The SMILES string of the molecule is COc1cccc2c1C(CNS(=O)(=O)c1ccc(C)cc1)CCC2. The summed E-state index contributed by atoms with van der Waals surface area (Å²) in [5, 5.41) is 0. The minimum Gasteiger partial charge on any atom is -0.496 e. The highest BCUT2D eigenvalue weighted by atomic mass is 32.2. The number of nitrogens with one attached hydrogen (secondary N) is 1. The summed E-state index contributed by atoms with van der Waals surface area (Å²) in [5.74, 6) is 0.997. The van der Waals surface area contributed by atoms with Gasteiger partial charge in [0.15, 0.2) is 0 Å². The molecule has 0 amide bonds. The molecule has 24 heavy (non-hydrogen) atoms. The lowest BCUT2D eigenvalue weighted by molar-refractivity contribution is 0.397. The molecule has 1 atom stereocenters. The van der Waals surface area contributed by atoms with Gasteiger partial charge in [0.05, 0.1) is 12.0 Å². The summed E-state index contributed by atoms with van der Waals surface area (Å²) in [5.41, 5.74) is 3.46. The highest BCUT2D eigenvalue weighted by Crippen LogP contribution is 2.37. The summed E-state index contributed by atoms with van der Waals surface area (Å²) in [6, 6.07) is 13.0. The Hall–Kier alpha value is -1.85. The van der Waals surface area contributed by atoms with Crippen molar-refractivity contribution in [3.63, 3.8) is 0 Å². The van der Waals surface area contributed by atoms with E-state index in [0.717, 1.165) is 36.1 Å². The molecule has 0 spiro atoms. The molecule has 0 heterocycles. The summed E-state index contributed by atoms with van der Waals surface area (Å²) in [6.45, 7) is 2.33. The van der Waals surface area contributed by atoms with Gasteiger partial charge in [-0.15, -0.1) is 0 Å². The van der Waals surface area contributed by atoms with Crippen molar-refractivity contribution >= 4 is 10.0 Å². The molecule has 0 bridgehead atoms. The quantitative estimate of drug-likeness (QED) is 0.903. The van der Waals surface area contributed by atoms with Crippen molar-refractivity contribution in [3.8, 4) is 5.75 Å². The molecule has 0 aromatic heterocycles. The van der Waals surface area contributed by atoms with Crippen LogP contribution in [0.3, 0.4) is 0 Å². The van der Waals surface area contributed by atoms with E-state index in [1.54, 1.807) is 19.2 Å². The van der Waals surface area contributed by atoms with Gasteiger partial charge in [-0.25, -0.2) is 13.1 Å². The van der Waals surface area contributed by atoms with Crippen molar-refractivity contribution in [2.45, 2.75) is 37.0 Å². The Labute approximate surface area is 143 Å². The number of methoxy groups -OCH3 is 1. The van der Waals surface area contributed by atoms with E-state index in [9.17, 15) is 8.42 Å². The van der Waals surface area contributed by atoms with E-state index in [4.69, 9.17) is 4.74 Å². The summed E-state index contributed by atoms with van der Waals surface area (Å²) >= 11 is 0. The van der Waals surface area contributed by atoms with Gasteiger partial charge in [-0.1, -0.05) is 29.8 Å². The molecule has 0 fully saturated rings. The van der Waals surface area contributed by atoms with Gasteiger partial charge >= 0.3 is 0 Å². The van der Waals surface area contributed by atoms with Crippen molar-refractivity contribution in [2.75, 3.05) is 13.7 Å². The number of rotatable bonds is 5. The van der Waals surface area contributed by atoms with Gasteiger partial charge < -0.3 is 4.74 Å². The van der Waals surface area contributed by atoms with E-state index < -0.39 is 10.0 Å². The second-order valence-electron chi connectivity index (χ2n) is 6.29.